The first-order valence-electron chi connectivity index (χ1n) is 7.86. The van der Waals surface area contributed by atoms with Gasteiger partial charge in [-0.15, -0.1) is 0 Å². The number of halogens is 1. The van der Waals surface area contributed by atoms with E-state index in [9.17, 15) is 4.39 Å². The first-order valence-corrected chi connectivity index (χ1v) is 7.86. The van der Waals surface area contributed by atoms with E-state index in [1.165, 1.54) is 12.1 Å². The molecule has 0 radical (unpaired) electrons. The summed E-state index contributed by atoms with van der Waals surface area (Å²) in [6.07, 6.45) is 0.964. The first-order chi connectivity index (χ1) is 10.3. The van der Waals surface area contributed by atoms with Crippen LogP contribution in [0, 0.1) is 12.7 Å². The quantitative estimate of drug-likeness (QED) is 0.800. The molecular formula is C19H26FNO. The van der Waals surface area contributed by atoms with E-state index in [-0.39, 0.29) is 17.3 Å². The van der Waals surface area contributed by atoms with Crippen LogP contribution >= 0.6 is 0 Å². The van der Waals surface area contributed by atoms with Gasteiger partial charge < -0.3 is 9.73 Å². The van der Waals surface area contributed by atoms with Gasteiger partial charge in [-0.25, -0.2) is 4.39 Å². The molecule has 3 heteroatoms. The topological polar surface area (TPSA) is 25.2 Å². The van der Waals surface area contributed by atoms with E-state index in [0.29, 0.717) is 6.04 Å². The van der Waals surface area contributed by atoms with Crippen LogP contribution in [0.25, 0.3) is 0 Å². The fourth-order valence-corrected chi connectivity index (χ4v) is 3.00. The minimum atomic E-state index is -0.196. The van der Waals surface area contributed by atoms with Gasteiger partial charge >= 0.3 is 0 Å². The second kappa shape index (κ2) is 6.66. The highest BCUT2D eigenvalue weighted by Crippen LogP contribution is 2.30. The van der Waals surface area contributed by atoms with E-state index in [1.807, 2.05) is 25.1 Å². The predicted octanol–water partition coefficient (Wildman–Crippen LogP) is 5.13. The van der Waals surface area contributed by atoms with E-state index in [0.717, 1.165) is 23.5 Å². The number of furan rings is 1. The van der Waals surface area contributed by atoms with Crippen molar-refractivity contribution < 1.29 is 8.81 Å². The Hall–Kier alpha value is -1.61. The summed E-state index contributed by atoms with van der Waals surface area (Å²) in [5, 5.41) is 3.58. The number of aryl methyl sites for hydroxylation is 1. The molecule has 120 valence electrons. The molecule has 22 heavy (non-hydrogen) atoms. The molecule has 0 aliphatic heterocycles. The lowest BCUT2D eigenvalue weighted by atomic mass is 9.83. The Kier molecular flexibility index (Phi) is 5.07. The molecule has 2 rings (SSSR count). The number of nitrogens with one attached hydrogen (secondary N) is 1. The molecule has 2 aromatic rings. The SMILES string of the molecule is Cc1ccc(C(C)(C)C[C@H](C)N[C@@H](C)c2ccc(F)cc2)o1. The zero-order chi connectivity index (χ0) is 16.3. The van der Waals surface area contributed by atoms with Gasteiger partial charge in [0, 0.05) is 17.5 Å². The van der Waals surface area contributed by atoms with Crippen molar-refractivity contribution in [2.24, 2.45) is 0 Å². The van der Waals surface area contributed by atoms with Crippen LogP contribution in [0.2, 0.25) is 0 Å². The normalized spacial score (nSPS) is 14.8. The zero-order valence-corrected chi connectivity index (χ0v) is 14.1. The average molecular weight is 303 g/mol. The van der Waals surface area contributed by atoms with Crippen molar-refractivity contribution in [2.45, 2.75) is 58.5 Å². The summed E-state index contributed by atoms with van der Waals surface area (Å²) >= 11 is 0. The number of rotatable bonds is 6. The van der Waals surface area contributed by atoms with Crippen molar-refractivity contribution in [3.05, 3.63) is 59.3 Å². The maximum atomic E-state index is 13.0. The Bertz CT molecular complexity index is 600. The van der Waals surface area contributed by atoms with Gasteiger partial charge in [0.1, 0.15) is 17.3 Å². The molecule has 0 aliphatic carbocycles. The Morgan fingerprint density at radius 1 is 1.09 bits per heavy atom. The summed E-state index contributed by atoms with van der Waals surface area (Å²) in [4.78, 5) is 0. The smallest absolute Gasteiger partial charge is 0.123 e. The second-order valence-corrected chi connectivity index (χ2v) is 6.84. The van der Waals surface area contributed by atoms with E-state index >= 15 is 0 Å². The Labute approximate surface area is 132 Å². The van der Waals surface area contributed by atoms with E-state index in [1.54, 1.807) is 0 Å². The fourth-order valence-electron chi connectivity index (χ4n) is 3.00. The van der Waals surface area contributed by atoms with Crippen LogP contribution < -0.4 is 5.32 Å². The van der Waals surface area contributed by atoms with Crippen LogP contribution in [0.4, 0.5) is 4.39 Å². The summed E-state index contributed by atoms with van der Waals surface area (Å²) in [6.45, 7) is 10.7. The monoisotopic (exact) mass is 303 g/mol. The van der Waals surface area contributed by atoms with Crippen molar-refractivity contribution in [3.8, 4) is 0 Å². The maximum Gasteiger partial charge on any atom is 0.123 e. The van der Waals surface area contributed by atoms with Crippen molar-refractivity contribution in [2.75, 3.05) is 0 Å². The summed E-state index contributed by atoms with van der Waals surface area (Å²) in [5.41, 5.74) is 1.07. The fraction of sp³-hybridized carbons (Fsp3) is 0.474. The number of hydrogen-bond donors (Lipinski definition) is 1. The summed E-state index contributed by atoms with van der Waals surface area (Å²) < 4.78 is 18.8. The van der Waals surface area contributed by atoms with Crippen molar-refractivity contribution in [1.82, 2.24) is 5.32 Å². The van der Waals surface area contributed by atoms with Crippen LogP contribution in [0.3, 0.4) is 0 Å². The Morgan fingerprint density at radius 3 is 2.27 bits per heavy atom. The molecule has 2 nitrogen and oxygen atoms in total. The van der Waals surface area contributed by atoms with Crippen LogP contribution in [0.5, 0.6) is 0 Å². The van der Waals surface area contributed by atoms with Crippen LogP contribution in [-0.4, -0.2) is 6.04 Å². The van der Waals surface area contributed by atoms with Gasteiger partial charge in [-0.3, -0.25) is 0 Å². The van der Waals surface area contributed by atoms with Gasteiger partial charge in [-0.05, 0) is 57.0 Å². The highest BCUT2D eigenvalue weighted by molar-refractivity contribution is 5.20. The van der Waals surface area contributed by atoms with Gasteiger partial charge in [0.2, 0.25) is 0 Å². The molecule has 1 N–H and O–H groups in total. The minimum Gasteiger partial charge on any atom is -0.466 e. The molecule has 0 amide bonds. The second-order valence-electron chi connectivity index (χ2n) is 6.84. The van der Waals surface area contributed by atoms with Gasteiger partial charge in [-0.2, -0.15) is 0 Å². The lowest BCUT2D eigenvalue weighted by molar-refractivity contribution is 0.310. The van der Waals surface area contributed by atoms with Crippen LogP contribution in [0.15, 0.2) is 40.8 Å². The molecule has 0 unspecified atom stereocenters. The van der Waals surface area contributed by atoms with Crippen LogP contribution in [-0.2, 0) is 5.41 Å². The summed E-state index contributed by atoms with van der Waals surface area (Å²) in [5.74, 6) is 1.77. The minimum absolute atomic E-state index is 0.0246. The zero-order valence-electron chi connectivity index (χ0n) is 14.1. The largest absolute Gasteiger partial charge is 0.466 e. The molecule has 0 bridgehead atoms. The first kappa shape index (κ1) is 16.8. The van der Waals surface area contributed by atoms with Gasteiger partial charge in [-0.1, -0.05) is 26.0 Å². The molecule has 1 aromatic heterocycles. The third kappa shape index (κ3) is 4.20. The molecule has 1 heterocycles. The number of benzene rings is 1. The van der Waals surface area contributed by atoms with Gasteiger partial charge in [0.25, 0.3) is 0 Å². The van der Waals surface area contributed by atoms with Crippen molar-refractivity contribution in [1.29, 1.82) is 0 Å². The lowest BCUT2D eigenvalue weighted by Gasteiger charge is -2.29. The van der Waals surface area contributed by atoms with E-state index in [2.05, 4.69) is 39.1 Å². The third-order valence-corrected chi connectivity index (χ3v) is 4.13. The number of hydrogen-bond acceptors (Lipinski definition) is 2. The van der Waals surface area contributed by atoms with Crippen LogP contribution in [0.1, 0.15) is 57.2 Å². The van der Waals surface area contributed by atoms with Gasteiger partial charge in [0.15, 0.2) is 0 Å². The highest BCUT2D eigenvalue weighted by Gasteiger charge is 2.27. The molecular weight excluding hydrogens is 277 g/mol. The van der Waals surface area contributed by atoms with E-state index in [4.69, 9.17) is 4.42 Å². The molecule has 0 fully saturated rings. The third-order valence-electron chi connectivity index (χ3n) is 4.13. The molecule has 0 spiro atoms. The molecule has 2 atom stereocenters. The Morgan fingerprint density at radius 2 is 1.73 bits per heavy atom. The molecule has 1 aromatic carbocycles. The van der Waals surface area contributed by atoms with Gasteiger partial charge in [0.05, 0.1) is 0 Å². The average Bonchev–Trinajstić information content (AvgIpc) is 2.86. The van der Waals surface area contributed by atoms with E-state index < -0.39 is 0 Å². The predicted molar refractivity (Wildman–Crippen MR) is 88.5 cm³/mol. The molecule has 0 saturated carbocycles. The lowest BCUT2D eigenvalue weighted by Crippen LogP contribution is -2.34. The highest BCUT2D eigenvalue weighted by atomic mass is 19.1. The molecule has 0 saturated heterocycles. The summed E-state index contributed by atoms with van der Waals surface area (Å²) in [7, 11) is 0. The Balaban J connectivity index is 1.97. The maximum absolute atomic E-state index is 13.0. The summed E-state index contributed by atoms with van der Waals surface area (Å²) in [6, 6.07) is 11.3. The van der Waals surface area contributed by atoms with Crippen molar-refractivity contribution in [3.63, 3.8) is 0 Å². The van der Waals surface area contributed by atoms with Crippen molar-refractivity contribution >= 4 is 0 Å². The molecule has 0 aliphatic rings. The standard InChI is InChI=1S/C19H26FNO/c1-13(12-19(4,5)18-11-6-14(2)22-18)21-15(3)16-7-9-17(20)10-8-16/h6-11,13,15,21H,12H2,1-5H3/t13-,15-/m0/s1.